The van der Waals surface area contributed by atoms with Crippen LogP contribution < -0.4 is 4.90 Å². The summed E-state index contributed by atoms with van der Waals surface area (Å²) in [6.07, 6.45) is 11.1. The van der Waals surface area contributed by atoms with Gasteiger partial charge in [-0.15, -0.1) is 9.40 Å². The highest BCUT2D eigenvalue weighted by molar-refractivity contribution is 7.94. The fourth-order valence-electron chi connectivity index (χ4n) is 8.50. The Morgan fingerprint density at radius 2 is 1.56 bits per heavy atom. The van der Waals surface area contributed by atoms with Crippen LogP contribution in [-0.4, -0.2) is 106 Å². The molecule has 356 valence electrons. The average Bonchev–Trinajstić information content (AvgIpc) is 3.77. The van der Waals surface area contributed by atoms with Crippen LogP contribution in [0.25, 0.3) is 10.8 Å². The minimum atomic E-state index is -4.89. The molecule has 0 bridgehead atoms. The molecular formula is C45H52N3O15S3-. The lowest BCUT2D eigenvalue weighted by Gasteiger charge is -2.27. The van der Waals surface area contributed by atoms with Crippen molar-refractivity contribution in [1.82, 2.24) is 5.06 Å². The van der Waals surface area contributed by atoms with Crippen molar-refractivity contribution in [1.29, 1.82) is 0 Å². The van der Waals surface area contributed by atoms with Crippen molar-refractivity contribution in [2.45, 2.75) is 91.7 Å². The van der Waals surface area contributed by atoms with Crippen molar-refractivity contribution in [2.75, 3.05) is 52.0 Å². The van der Waals surface area contributed by atoms with E-state index in [0.29, 0.717) is 90.5 Å². The van der Waals surface area contributed by atoms with Crippen LogP contribution in [0.5, 0.6) is 0 Å². The Balaban J connectivity index is 1.29. The number of fused-ring (bicyclic) bond motifs is 4. The molecule has 0 aromatic heterocycles. The zero-order chi connectivity index (χ0) is 48.0. The number of anilines is 1. The van der Waals surface area contributed by atoms with Crippen molar-refractivity contribution in [3.63, 3.8) is 0 Å². The van der Waals surface area contributed by atoms with E-state index in [2.05, 4.69) is 19.4 Å². The number of hydrogen-bond acceptors (Lipinski definition) is 17. The summed E-state index contributed by atoms with van der Waals surface area (Å²) in [6, 6.07) is 10.7. The second-order valence-corrected chi connectivity index (χ2v) is 20.1. The number of imide groups is 1. The van der Waals surface area contributed by atoms with Gasteiger partial charge >= 0.3 is 5.97 Å². The Bertz CT molecular complexity index is 2710. The average molecular weight is 971 g/mol. The van der Waals surface area contributed by atoms with Crippen LogP contribution in [0.3, 0.4) is 0 Å². The van der Waals surface area contributed by atoms with Gasteiger partial charge in [0.25, 0.3) is 11.8 Å². The number of rotatable bonds is 22. The summed E-state index contributed by atoms with van der Waals surface area (Å²) < 4.78 is 91.6. The van der Waals surface area contributed by atoms with E-state index in [-0.39, 0.29) is 24.2 Å². The van der Waals surface area contributed by atoms with E-state index in [9.17, 15) is 40.3 Å². The number of benzene rings is 3. The number of hydrogen-bond donors (Lipinski definition) is 0. The minimum absolute atomic E-state index is 0.000518. The molecule has 3 aliphatic heterocycles. The molecule has 3 aromatic carbocycles. The van der Waals surface area contributed by atoms with Crippen LogP contribution in [0.2, 0.25) is 0 Å². The van der Waals surface area contributed by atoms with Gasteiger partial charge in [-0.3, -0.25) is 9.59 Å². The highest BCUT2D eigenvalue weighted by atomic mass is 32.2. The zero-order valence-electron chi connectivity index (χ0n) is 37.4. The Labute approximate surface area is 388 Å². The number of carbonyl (C=O) groups is 3. The van der Waals surface area contributed by atoms with Crippen LogP contribution in [-0.2, 0) is 74.0 Å². The first-order valence-electron chi connectivity index (χ1n) is 21.0. The van der Waals surface area contributed by atoms with Gasteiger partial charge in [-0.25, -0.2) is 26.5 Å². The highest BCUT2D eigenvalue weighted by Crippen LogP contribution is 2.49. The number of ether oxygens (including phenoxy) is 2. The normalized spacial score (nSPS) is 17.7. The number of carbonyl (C=O) groups excluding carboxylic acids is 3. The third-order valence-electron chi connectivity index (χ3n) is 11.6. The lowest BCUT2D eigenvalue weighted by molar-refractivity contribution is -0.447. The molecular weight excluding hydrogens is 919 g/mol. The third-order valence-corrected chi connectivity index (χ3v) is 13.9. The van der Waals surface area contributed by atoms with Crippen LogP contribution in [0.1, 0.15) is 77.3 Å². The van der Waals surface area contributed by atoms with E-state index < -0.39 is 53.7 Å². The van der Waals surface area contributed by atoms with Crippen LogP contribution in [0.4, 0.5) is 11.4 Å². The van der Waals surface area contributed by atoms with Gasteiger partial charge in [-0.2, -0.15) is 4.58 Å². The summed E-state index contributed by atoms with van der Waals surface area (Å²) in [5, 5.41) is 6.24. The Kier molecular flexibility index (Phi) is 16.1. The van der Waals surface area contributed by atoms with E-state index >= 15 is 0 Å². The first-order chi connectivity index (χ1) is 31.2. The van der Waals surface area contributed by atoms with Crippen molar-refractivity contribution < 1.29 is 73.5 Å². The maximum Gasteiger partial charge on any atom is 0.333 e. The largest absolute Gasteiger partial charge is 0.744 e. The van der Waals surface area contributed by atoms with Gasteiger partial charge in [0.05, 0.1) is 47.6 Å². The van der Waals surface area contributed by atoms with Gasteiger partial charge in [0.1, 0.15) is 26.8 Å². The summed E-state index contributed by atoms with van der Waals surface area (Å²) in [5.41, 5.74) is 3.15. The second-order valence-electron chi connectivity index (χ2n) is 16.6. The van der Waals surface area contributed by atoms with E-state index in [0.717, 1.165) is 28.3 Å². The molecule has 0 radical (unpaired) electrons. The van der Waals surface area contributed by atoms with Gasteiger partial charge in [0, 0.05) is 72.3 Å². The summed E-state index contributed by atoms with van der Waals surface area (Å²) in [6.45, 7) is 9.91. The molecule has 66 heavy (non-hydrogen) atoms. The lowest BCUT2D eigenvalue weighted by atomic mass is 9.79. The molecule has 3 heterocycles. The number of hydroxylamine groups is 2. The monoisotopic (exact) mass is 970 g/mol. The molecule has 0 unspecified atom stereocenters. The summed E-state index contributed by atoms with van der Waals surface area (Å²) >= 11 is 0.700. The van der Waals surface area contributed by atoms with E-state index in [1.807, 2.05) is 70.2 Å². The Hall–Kier alpha value is -4.81. The molecule has 1 saturated heterocycles. The summed E-state index contributed by atoms with van der Waals surface area (Å²) in [7, 11) is -6.80. The molecule has 2 amide bonds. The highest BCUT2D eigenvalue weighted by Gasteiger charge is 2.46. The number of methoxy groups -OCH3 is 1. The molecule has 0 saturated carbocycles. The lowest BCUT2D eigenvalue weighted by Crippen LogP contribution is -2.32. The summed E-state index contributed by atoms with van der Waals surface area (Å²) in [5.74, 6) is -1.77. The van der Waals surface area contributed by atoms with Crippen molar-refractivity contribution >= 4 is 77.9 Å². The van der Waals surface area contributed by atoms with E-state index in [1.165, 1.54) is 31.4 Å². The maximum absolute atomic E-state index is 12.4. The molecule has 0 N–H and O–H groups in total. The van der Waals surface area contributed by atoms with Crippen LogP contribution in [0, 0.1) is 0 Å². The van der Waals surface area contributed by atoms with Gasteiger partial charge < -0.3 is 28.3 Å². The predicted octanol–water partition coefficient (Wildman–Crippen LogP) is 6.17. The number of unbranched alkanes of at least 4 members (excludes halogenated alkanes) is 2. The van der Waals surface area contributed by atoms with Crippen LogP contribution in [0.15, 0.2) is 93.2 Å². The quantitative estimate of drug-likeness (QED) is 0.0160. The van der Waals surface area contributed by atoms with Gasteiger partial charge in [-0.05, 0) is 85.5 Å². The van der Waals surface area contributed by atoms with Gasteiger partial charge in [-0.1, -0.05) is 43.5 Å². The van der Waals surface area contributed by atoms with Gasteiger partial charge in [0.15, 0.2) is 12.3 Å². The third kappa shape index (κ3) is 11.1. The number of allylic oxidation sites excluding steroid dienone is 6. The smallest absolute Gasteiger partial charge is 0.333 e. The fraction of sp³-hybridized carbons (Fsp3) is 0.422. The number of amides is 2. The van der Waals surface area contributed by atoms with Crippen LogP contribution >= 0.6 is 12.0 Å². The van der Waals surface area contributed by atoms with E-state index in [1.54, 1.807) is 13.2 Å². The number of nitrogens with zero attached hydrogens (tertiary/aromatic N) is 3. The minimum Gasteiger partial charge on any atom is -0.744 e. The maximum atomic E-state index is 12.4. The topological polar surface area (TPSA) is 230 Å². The molecule has 6 rings (SSSR count). The first-order valence-corrected chi connectivity index (χ1v) is 24.6. The van der Waals surface area contributed by atoms with E-state index in [4.69, 9.17) is 18.6 Å². The first kappa shape index (κ1) is 50.6. The molecule has 1 fully saturated rings. The standard InChI is InChI=1S/C45H53N3O15S3/c1-44(2)34-28-30(65(52,53)54)16-18-35(34)46(22-12-8-11-15-42(51)61-48-40(49)20-21-41(48)50)38(44)13-9-7-10-14-39-45(3,4)43-33-27-31(66(55,56)57)29-37(64-63-62-59-6)32(33)17-19-36(43)47(39)23-24-60-26-25-58-5/h7,9-10,13-14,16-19,27-29H,8,11-12,15,20-26H2,1-6H3,(H-,52,53,54,55,56,57)/p-1. The zero-order valence-corrected chi connectivity index (χ0v) is 39.8. The molecule has 3 aromatic rings. The van der Waals surface area contributed by atoms with Gasteiger partial charge in [0.2, 0.25) is 5.69 Å². The summed E-state index contributed by atoms with van der Waals surface area (Å²) in [4.78, 5) is 47.2. The molecule has 0 spiro atoms. The Morgan fingerprint density at radius 1 is 0.833 bits per heavy atom. The molecule has 3 aliphatic rings. The molecule has 21 heteroatoms. The molecule has 0 atom stereocenters. The molecule has 18 nitrogen and oxygen atoms in total. The predicted molar refractivity (Wildman–Crippen MR) is 239 cm³/mol. The molecule has 0 aliphatic carbocycles. The second kappa shape index (κ2) is 21.0. The SMILES string of the molecule is COCCOCC[N+]1=C(/C=C/C=C/C=C2/N(CCCCCC(=O)ON3C(=O)CCC3=O)c3ccc(S(=O)(=O)[O-])cc3C2(C)C)C(C)(C)c2c1ccc1c(SOOOC)cc(S(=O)(=O)[O-])cc21. The van der Waals surface area contributed by atoms with Crippen molar-refractivity contribution in [2.24, 2.45) is 0 Å². The Morgan fingerprint density at radius 3 is 2.24 bits per heavy atom. The van der Waals surface area contributed by atoms with Crippen molar-refractivity contribution in [3.8, 4) is 0 Å². The fourth-order valence-corrected chi connectivity index (χ4v) is 10.2. The van der Waals surface area contributed by atoms with Crippen molar-refractivity contribution in [3.05, 3.63) is 89.7 Å².